The fourth-order valence-electron chi connectivity index (χ4n) is 2.27. The van der Waals surface area contributed by atoms with Gasteiger partial charge in [-0.1, -0.05) is 25.0 Å². The van der Waals surface area contributed by atoms with E-state index < -0.39 is 15.7 Å². The second kappa shape index (κ2) is 4.53. The van der Waals surface area contributed by atoms with Gasteiger partial charge in [0.05, 0.1) is 5.75 Å². The maximum atomic E-state index is 13.4. The second-order valence-electron chi connectivity index (χ2n) is 4.36. The van der Waals surface area contributed by atoms with Crippen LogP contribution in [0.4, 0.5) is 4.39 Å². The predicted molar refractivity (Wildman–Crippen MR) is 60.4 cm³/mol. The van der Waals surface area contributed by atoms with Gasteiger partial charge < -0.3 is 0 Å². The van der Waals surface area contributed by atoms with E-state index >= 15 is 0 Å². The molecule has 0 N–H and O–H groups in total. The quantitative estimate of drug-likeness (QED) is 0.816. The van der Waals surface area contributed by atoms with Gasteiger partial charge in [-0.15, -0.1) is 0 Å². The molecule has 0 atom stereocenters. The molecule has 1 aromatic carbocycles. The maximum absolute atomic E-state index is 13.4. The molecule has 1 aliphatic carbocycles. The summed E-state index contributed by atoms with van der Waals surface area (Å²) in [5.41, 5.74) is 0. The fraction of sp³-hybridized carbons (Fsp3) is 0.500. The van der Waals surface area contributed by atoms with Crippen LogP contribution in [0.15, 0.2) is 29.2 Å². The van der Waals surface area contributed by atoms with Crippen LogP contribution in [0.25, 0.3) is 0 Å². The monoisotopic (exact) mass is 242 g/mol. The maximum Gasteiger partial charge on any atom is 0.181 e. The molecule has 0 bridgehead atoms. The lowest BCUT2D eigenvalue weighted by atomic mass is 10.1. The van der Waals surface area contributed by atoms with Gasteiger partial charge in [-0.2, -0.15) is 0 Å². The molecule has 0 spiro atoms. The summed E-state index contributed by atoms with van der Waals surface area (Å²) in [5.74, 6) is -0.335. The number of benzene rings is 1. The van der Waals surface area contributed by atoms with Gasteiger partial charge in [-0.05, 0) is 30.9 Å². The summed E-state index contributed by atoms with van der Waals surface area (Å²) in [5, 5.41) is 0. The molecule has 2 nitrogen and oxygen atoms in total. The Morgan fingerprint density at radius 3 is 2.44 bits per heavy atom. The molecule has 0 heterocycles. The van der Waals surface area contributed by atoms with Crippen LogP contribution in [0.1, 0.15) is 25.7 Å². The van der Waals surface area contributed by atoms with E-state index in [-0.39, 0.29) is 16.6 Å². The average Bonchev–Trinajstić information content (AvgIpc) is 2.70. The zero-order valence-electron chi connectivity index (χ0n) is 9.02. The third-order valence-electron chi connectivity index (χ3n) is 3.10. The number of rotatable bonds is 3. The van der Waals surface area contributed by atoms with E-state index in [2.05, 4.69) is 0 Å². The van der Waals surface area contributed by atoms with Gasteiger partial charge in [-0.3, -0.25) is 0 Å². The molecule has 1 aliphatic rings. The van der Waals surface area contributed by atoms with Crippen molar-refractivity contribution in [2.75, 3.05) is 5.75 Å². The minimum Gasteiger partial charge on any atom is -0.224 e. The minimum atomic E-state index is -3.45. The van der Waals surface area contributed by atoms with Crippen LogP contribution in [0, 0.1) is 11.7 Å². The zero-order valence-corrected chi connectivity index (χ0v) is 9.84. The Morgan fingerprint density at radius 2 is 1.81 bits per heavy atom. The van der Waals surface area contributed by atoms with Crippen molar-refractivity contribution >= 4 is 9.84 Å². The molecule has 16 heavy (non-hydrogen) atoms. The standard InChI is InChI=1S/C12H15FO2S/c13-11-7-3-4-8-12(11)16(14,15)9-10-5-1-2-6-10/h3-4,7-8,10H,1-2,5-6,9H2. The zero-order chi connectivity index (χ0) is 11.6. The first kappa shape index (κ1) is 11.6. The molecule has 4 heteroatoms. The lowest BCUT2D eigenvalue weighted by molar-refractivity contribution is 0.544. The highest BCUT2D eigenvalue weighted by Gasteiger charge is 2.25. The normalized spacial score (nSPS) is 17.8. The van der Waals surface area contributed by atoms with Crippen molar-refractivity contribution in [3.8, 4) is 0 Å². The highest BCUT2D eigenvalue weighted by molar-refractivity contribution is 7.91. The minimum absolute atomic E-state index is 0.0912. The molecule has 0 aliphatic heterocycles. The Kier molecular flexibility index (Phi) is 3.28. The third kappa shape index (κ3) is 2.43. The van der Waals surface area contributed by atoms with Crippen LogP contribution in [0.5, 0.6) is 0 Å². The van der Waals surface area contributed by atoms with E-state index in [0.29, 0.717) is 0 Å². The lowest BCUT2D eigenvalue weighted by Gasteiger charge is -2.10. The first-order valence-corrected chi connectivity index (χ1v) is 7.22. The van der Waals surface area contributed by atoms with Gasteiger partial charge in [0.1, 0.15) is 10.7 Å². The molecule has 1 aromatic rings. The van der Waals surface area contributed by atoms with E-state index in [9.17, 15) is 12.8 Å². The first-order valence-electron chi connectivity index (χ1n) is 5.57. The van der Waals surface area contributed by atoms with Crippen molar-refractivity contribution in [3.63, 3.8) is 0 Å². The van der Waals surface area contributed by atoms with E-state index in [4.69, 9.17) is 0 Å². The summed E-state index contributed by atoms with van der Waals surface area (Å²) in [4.78, 5) is -0.151. The summed E-state index contributed by atoms with van der Waals surface area (Å²) >= 11 is 0. The Balaban J connectivity index is 2.21. The van der Waals surface area contributed by atoms with Crippen LogP contribution < -0.4 is 0 Å². The van der Waals surface area contributed by atoms with Crippen LogP contribution in [-0.4, -0.2) is 14.2 Å². The molecular weight excluding hydrogens is 227 g/mol. The highest BCUT2D eigenvalue weighted by atomic mass is 32.2. The Morgan fingerprint density at radius 1 is 1.19 bits per heavy atom. The van der Waals surface area contributed by atoms with Crippen LogP contribution in [-0.2, 0) is 9.84 Å². The Labute approximate surface area is 95.4 Å². The van der Waals surface area contributed by atoms with Crippen molar-refractivity contribution in [2.24, 2.45) is 5.92 Å². The molecule has 88 valence electrons. The van der Waals surface area contributed by atoms with E-state index in [1.165, 1.54) is 18.2 Å². The van der Waals surface area contributed by atoms with Crippen molar-refractivity contribution in [3.05, 3.63) is 30.1 Å². The first-order chi connectivity index (χ1) is 7.59. The Hall–Kier alpha value is -0.900. The number of sulfone groups is 1. The van der Waals surface area contributed by atoms with Gasteiger partial charge in [0.2, 0.25) is 0 Å². The molecule has 0 amide bonds. The number of halogens is 1. The topological polar surface area (TPSA) is 34.1 Å². The fourth-order valence-corrected chi connectivity index (χ4v) is 4.06. The summed E-state index contributed by atoms with van der Waals surface area (Å²) in [7, 11) is -3.45. The summed E-state index contributed by atoms with van der Waals surface area (Å²) in [6, 6.07) is 5.61. The van der Waals surface area contributed by atoms with Crippen molar-refractivity contribution in [1.82, 2.24) is 0 Å². The van der Waals surface area contributed by atoms with Gasteiger partial charge in [0.25, 0.3) is 0 Å². The van der Waals surface area contributed by atoms with E-state index in [0.717, 1.165) is 25.7 Å². The molecular formula is C12H15FO2S. The third-order valence-corrected chi connectivity index (χ3v) is 5.01. The Bertz CT molecular complexity index is 462. The average molecular weight is 242 g/mol. The SMILES string of the molecule is O=S(=O)(CC1CCCC1)c1ccccc1F. The van der Waals surface area contributed by atoms with Crippen molar-refractivity contribution in [1.29, 1.82) is 0 Å². The van der Waals surface area contributed by atoms with E-state index in [1.54, 1.807) is 6.07 Å². The predicted octanol–water partition coefficient (Wildman–Crippen LogP) is 2.79. The summed E-state index contributed by atoms with van der Waals surface area (Å²) in [6.07, 6.45) is 4.09. The molecule has 0 saturated heterocycles. The highest BCUT2D eigenvalue weighted by Crippen LogP contribution is 2.28. The van der Waals surface area contributed by atoms with Crippen molar-refractivity contribution in [2.45, 2.75) is 30.6 Å². The molecule has 1 fully saturated rings. The number of hydrogen-bond acceptors (Lipinski definition) is 2. The lowest BCUT2D eigenvalue weighted by Crippen LogP contribution is -2.15. The smallest absolute Gasteiger partial charge is 0.181 e. The van der Waals surface area contributed by atoms with Gasteiger partial charge in [0, 0.05) is 0 Å². The van der Waals surface area contributed by atoms with Crippen LogP contribution >= 0.6 is 0 Å². The van der Waals surface area contributed by atoms with Gasteiger partial charge in [-0.25, -0.2) is 12.8 Å². The van der Waals surface area contributed by atoms with Crippen molar-refractivity contribution < 1.29 is 12.8 Å². The molecule has 2 rings (SSSR count). The van der Waals surface area contributed by atoms with Crippen LogP contribution in [0.2, 0.25) is 0 Å². The van der Waals surface area contributed by atoms with Gasteiger partial charge >= 0.3 is 0 Å². The molecule has 0 radical (unpaired) electrons. The van der Waals surface area contributed by atoms with Gasteiger partial charge in [0.15, 0.2) is 9.84 Å². The van der Waals surface area contributed by atoms with E-state index in [1.807, 2.05) is 0 Å². The summed E-state index contributed by atoms with van der Waals surface area (Å²) in [6.45, 7) is 0. The molecule has 0 aromatic heterocycles. The largest absolute Gasteiger partial charge is 0.224 e. The number of hydrogen-bond donors (Lipinski definition) is 0. The molecule has 1 saturated carbocycles. The van der Waals surface area contributed by atoms with Crippen LogP contribution in [0.3, 0.4) is 0 Å². The second-order valence-corrected chi connectivity index (χ2v) is 6.36. The molecule has 0 unspecified atom stereocenters. The summed E-state index contributed by atoms with van der Waals surface area (Å²) < 4.78 is 37.3.